The lowest BCUT2D eigenvalue weighted by Gasteiger charge is -2.39. The maximum Gasteiger partial charge on any atom is 0.333 e. The standard InChI is InChI=1S/C36H54N2O11/c1-21(2)33(41)45-15-17-47-35(43)30-20-29(31(19-28(30)23(5)39)36(44)48-18-16-46-34(42)22(3)4)32(40)38-25-9-13-27(14-10-25)49-26-11-7-24(37-6)8-12-26/h24-31,37H,1,3,7-20H2,2,4-6H3,(H,38,40). The fraction of sp³-hybridized carbons (Fsp3) is 0.722. The van der Waals surface area contributed by atoms with E-state index in [9.17, 15) is 28.8 Å². The van der Waals surface area contributed by atoms with E-state index in [1.54, 1.807) is 0 Å². The van der Waals surface area contributed by atoms with Crippen LogP contribution in [-0.2, 0) is 52.5 Å². The smallest absolute Gasteiger partial charge is 0.333 e. The van der Waals surface area contributed by atoms with Crippen molar-refractivity contribution in [1.29, 1.82) is 0 Å². The molecule has 1 amide bonds. The number of carbonyl (C=O) groups is 6. The van der Waals surface area contributed by atoms with Crippen molar-refractivity contribution in [2.24, 2.45) is 23.7 Å². The Morgan fingerprint density at radius 2 is 0.980 bits per heavy atom. The normalized spacial score (nSPS) is 28.3. The van der Waals surface area contributed by atoms with Gasteiger partial charge in [0, 0.05) is 29.1 Å². The zero-order valence-electron chi connectivity index (χ0n) is 29.4. The first-order valence-corrected chi connectivity index (χ1v) is 17.4. The number of carbonyl (C=O) groups excluding carboxylic acids is 6. The topological polar surface area (TPSA) is 173 Å². The van der Waals surface area contributed by atoms with Crippen LogP contribution in [0.4, 0.5) is 0 Å². The van der Waals surface area contributed by atoms with Crippen LogP contribution in [0.25, 0.3) is 0 Å². The lowest BCUT2D eigenvalue weighted by Crippen LogP contribution is -2.50. The maximum atomic E-state index is 13.8. The number of hydrogen-bond acceptors (Lipinski definition) is 12. The predicted molar refractivity (Wildman–Crippen MR) is 178 cm³/mol. The van der Waals surface area contributed by atoms with Crippen molar-refractivity contribution in [3.63, 3.8) is 0 Å². The van der Waals surface area contributed by atoms with Crippen molar-refractivity contribution in [2.75, 3.05) is 33.5 Å². The van der Waals surface area contributed by atoms with Crippen LogP contribution in [-0.4, -0.2) is 93.3 Å². The van der Waals surface area contributed by atoms with E-state index in [1.807, 2.05) is 7.05 Å². The van der Waals surface area contributed by atoms with Gasteiger partial charge in [0.05, 0.1) is 30.0 Å². The highest BCUT2D eigenvalue weighted by Gasteiger charge is 2.49. The third-order valence-corrected chi connectivity index (χ3v) is 9.76. The Bertz CT molecular complexity index is 1220. The molecule has 3 rings (SSSR count). The van der Waals surface area contributed by atoms with Gasteiger partial charge in [-0.1, -0.05) is 13.2 Å². The monoisotopic (exact) mass is 690 g/mol. The third-order valence-electron chi connectivity index (χ3n) is 9.76. The van der Waals surface area contributed by atoms with E-state index < -0.39 is 53.5 Å². The summed E-state index contributed by atoms with van der Waals surface area (Å²) < 4.78 is 27.1. The Balaban J connectivity index is 1.64. The van der Waals surface area contributed by atoms with Gasteiger partial charge in [0.15, 0.2) is 0 Å². The van der Waals surface area contributed by atoms with Crippen LogP contribution in [0.1, 0.15) is 85.0 Å². The summed E-state index contributed by atoms with van der Waals surface area (Å²) in [6.07, 6.45) is 7.44. The molecule has 3 aliphatic carbocycles. The van der Waals surface area contributed by atoms with Crippen LogP contribution in [0.15, 0.2) is 24.3 Å². The minimum atomic E-state index is -1.02. The van der Waals surface area contributed by atoms with E-state index in [-0.39, 0.29) is 74.4 Å². The van der Waals surface area contributed by atoms with Crippen molar-refractivity contribution in [3.8, 4) is 0 Å². The first-order chi connectivity index (χ1) is 23.3. The van der Waals surface area contributed by atoms with E-state index in [0.29, 0.717) is 18.9 Å². The molecule has 0 heterocycles. The molecule has 3 fully saturated rings. The largest absolute Gasteiger partial charge is 0.462 e. The molecule has 13 heteroatoms. The highest BCUT2D eigenvalue weighted by molar-refractivity contribution is 5.91. The quantitative estimate of drug-likeness (QED) is 0.105. The minimum Gasteiger partial charge on any atom is -0.462 e. The summed E-state index contributed by atoms with van der Waals surface area (Å²) in [5.74, 6) is -7.31. The molecule has 3 aliphatic rings. The van der Waals surface area contributed by atoms with Gasteiger partial charge < -0.3 is 34.3 Å². The van der Waals surface area contributed by atoms with Crippen molar-refractivity contribution in [3.05, 3.63) is 24.3 Å². The van der Waals surface area contributed by atoms with Crippen molar-refractivity contribution >= 4 is 35.6 Å². The molecule has 0 aliphatic heterocycles. The van der Waals surface area contributed by atoms with Crippen LogP contribution < -0.4 is 10.6 Å². The summed E-state index contributed by atoms with van der Waals surface area (Å²) in [7, 11) is 1.99. The molecule has 274 valence electrons. The molecule has 0 aromatic rings. The molecule has 2 N–H and O–H groups in total. The van der Waals surface area contributed by atoms with Crippen LogP contribution in [0, 0.1) is 23.7 Å². The van der Waals surface area contributed by atoms with Crippen LogP contribution in [0.2, 0.25) is 0 Å². The van der Waals surface area contributed by atoms with Gasteiger partial charge in [0.25, 0.3) is 0 Å². The molecule has 4 unspecified atom stereocenters. The second-order valence-electron chi connectivity index (χ2n) is 13.6. The van der Waals surface area contributed by atoms with Crippen LogP contribution in [0.5, 0.6) is 0 Å². The number of ether oxygens (including phenoxy) is 5. The summed E-state index contributed by atoms with van der Waals surface area (Å²) in [5, 5.41) is 6.43. The van der Waals surface area contributed by atoms with Crippen molar-refractivity contribution in [1.82, 2.24) is 10.6 Å². The Labute approximate surface area is 289 Å². The second-order valence-corrected chi connectivity index (χ2v) is 13.6. The molecule has 0 aromatic carbocycles. The average Bonchev–Trinajstić information content (AvgIpc) is 3.08. The average molecular weight is 691 g/mol. The number of ketones is 1. The number of amides is 1. The summed E-state index contributed by atoms with van der Waals surface area (Å²) in [5.41, 5.74) is 0.396. The van der Waals surface area contributed by atoms with Crippen LogP contribution in [0.3, 0.4) is 0 Å². The molecule has 4 atom stereocenters. The lowest BCUT2D eigenvalue weighted by molar-refractivity contribution is -0.167. The van der Waals surface area contributed by atoms with Gasteiger partial charge in [-0.3, -0.25) is 19.2 Å². The van der Waals surface area contributed by atoms with Gasteiger partial charge in [-0.2, -0.15) is 0 Å². The zero-order chi connectivity index (χ0) is 36.1. The van der Waals surface area contributed by atoms with Crippen LogP contribution >= 0.6 is 0 Å². The Morgan fingerprint density at radius 1 is 0.571 bits per heavy atom. The second kappa shape index (κ2) is 19.6. The summed E-state index contributed by atoms with van der Waals surface area (Å²) >= 11 is 0. The summed E-state index contributed by atoms with van der Waals surface area (Å²) in [6, 6.07) is 0.411. The van der Waals surface area contributed by atoms with Gasteiger partial charge in [-0.25, -0.2) is 9.59 Å². The van der Waals surface area contributed by atoms with Gasteiger partial charge in [-0.05, 0) is 92.0 Å². The van der Waals surface area contributed by atoms with Gasteiger partial charge in [0.1, 0.15) is 32.2 Å². The molecule has 3 saturated carbocycles. The fourth-order valence-electron chi connectivity index (χ4n) is 6.89. The Kier molecular flexibility index (Phi) is 15.9. The number of Topliss-reactive ketones (excluding diaryl/α,β-unsaturated/α-hetero) is 1. The van der Waals surface area contributed by atoms with E-state index >= 15 is 0 Å². The number of rotatable bonds is 16. The molecule has 0 bridgehead atoms. The highest BCUT2D eigenvalue weighted by Crippen LogP contribution is 2.41. The van der Waals surface area contributed by atoms with E-state index in [0.717, 1.165) is 38.5 Å². The summed E-state index contributed by atoms with van der Waals surface area (Å²) in [4.78, 5) is 76.6. The van der Waals surface area contributed by atoms with E-state index in [2.05, 4.69) is 23.8 Å². The van der Waals surface area contributed by atoms with Gasteiger partial charge >= 0.3 is 23.9 Å². The molecule has 0 saturated heterocycles. The Hall–Kier alpha value is -3.58. The third kappa shape index (κ3) is 12.4. The van der Waals surface area contributed by atoms with Crippen molar-refractivity contribution in [2.45, 2.75) is 109 Å². The van der Waals surface area contributed by atoms with E-state index in [1.165, 1.54) is 20.8 Å². The zero-order valence-corrected chi connectivity index (χ0v) is 29.4. The van der Waals surface area contributed by atoms with E-state index in [4.69, 9.17) is 23.7 Å². The highest BCUT2D eigenvalue weighted by atomic mass is 16.6. The number of esters is 4. The molecule has 0 aromatic heterocycles. The lowest BCUT2D eigenvalue weighted by atomic mass is 9.66. The molecule has 13 nitrogen and oxygen atoms in total. The predicted octanol–water partition coefficient (Wildman–Crippen LogP) is 3.13. The first kappa shape index (κ1) is 39.9. The first-order valence-electron chi connectivity index (χ1n) is 17.4. The summed E-state index contributed by atoms with van der Waals surface area (Å²) in [6.45, 7) is 10.4. The molecular formula is C36H54N2O11. The SMILES string of the molecule is C=C(C)C(=O)OCCOC(=O)C1CC(C(=O)NC2CCC(OC3CCC(NC)CC3)CC2)C(C(=O)OCCOC(=O)C(=C)C)CC1C(C)=O. The molecule has 0 radical (unpaired) electrons. The number of nitrogens with one attached hydrogen (secondary N) is 2. The molecule has 49 heavy (non-hydrogen) atoms. The minimum absolute atomic E-state index is 0.0986. The fourth-order valence-corrected chi connectivity index (χ4v) is 6.89. The van der Waals surface area contributed by atoms with Gasteiger partial charge in [-0.15, -0.1) is 0 Å². The Morgan fingerprint density at radius 3 is 1.41 bits per heavy atom. The molecule has 0 spiro atoms. The number of hydrogen-bond donors (Lipinski definition) is 2. The maximum absolute atomic E-state index is 13.8. The van der Waals surface area contributed by atoms with Gasteiger partial charge in [0.2, 0.25) is 5.91 Å². The molecular weight excluding hydrogens is 636 g/mol. The van der Waals surface area contributed by atoms with Crippen molar-refractivity contribution < 1.29 is 52.5 Å².